The normalized spacial score (nSPS) is 17.4. The summed E-state index contributed by atoms with van der Waals surface area (Å²) < 4.78 is 39.0. The number of rotatable bonds is 6. The Kier molecular flexibility index (Phi) is 5.72. The van der Waals surface area contributed by atoms with Crippen LogP contribution >= 0.6 is 11.3 Å². The number of amides is 1. The summed E-state index contributed by atoms with van der Waals surface area (Å²) in [6.45, 7) is 2.89. The molecule has 10 nitrogen and oxygen atoms in total. The summed E-state index contributed by atoms with van der Waals surface area (Å²) in [7, 11) is -3.86. The largest absolute Gasteiger partial charge is 0.494 e. The molecule has 33 heavy (non-hydrogen) atoms. The Morgan fingerprint density at radius 1 is 1.27 bits per heavy atom. The van der Waals surface area contributed by atoms with Crippen molar-refractivity contribution in [2.75, 3.05) is 25.0 Å². The van der Waals surface area contributed by atoms with Gasteiger partial charge < -0.3 is 10.1 Å². The molecule has 1 saturated heterocycles. The van der Waals surface area contributed by atoms with E-state index in [-0.39, 0.29) is 22.9 Å². The van der Waals surface area contributed by atoms with Crippen molar-refractivity contribution < 1.29 is 22.6 Å². The van der Waals surface area contributed by atoms with Gasteiger partial charge in [0.25, 0.3) is 0 Å². The zero-order chi connectivity index (χ0) is 23.0. The highest BCUT2D eigenvalue weighted by Crippen LogP contribution is 2.31. The van der Waals surface area contributed by atoms with Crippen LogP contribution in [-0.4, -0.2) is 53.6 Å². The molecule has 172 valence electrons. The minimum absolute atomic E-state index is 0.0265. The van der Waals surface area contributed by atoms with E-state index in [1.807, 2.05) is 25.1 Å². The van der Waals surface area contributed by atoms with Crippen LogP contribution in [0.4, 0.5) is 5.13 Å². The van der Waals surface area contributed by atoms with E-state index in [1.54, 1.807) is 12.1 Å². The van der Waals surface area contributed by atoms with Crippen LogP contribution in [0.25, 0.3) is 21.3 Å². The molecular formula is C21H21N5O5S2. The number of nitrogens with zero attached hydrogens (tertiary/aromatic N) is 4. The number of sulfonamides is 1. The summed E-state index contributed by atoms with van der Waals surface area (Å²) in [5.41, 5.74) is 1.32. The van der Waals surface area contributed by atoms with Crippen molar-refractivity contribution in [3.8, 4) is 5.75 Å². The Labute approximate surface area is 193 Å². The molecule has 2 aromatic heterocycles. The van der Waals surface area contributed by atoms with Crippen molar-refractivity contribution in [1.29, 1.82) is 0 Å². The summed E-state index contributed by atoms with van der Waals surface area (Å²) in [5, 5.41) is 10.8. The number of hydrogen-bond acceptors (Lipinski definition) is 9. The fourth-order valence-corrected chi connectivity index (χ4v) is 6.48. The molecule has 0 radical (unpaired) electrons. The lowest BCUT2D eigenvalue weighted by Crippen LogP contribution is -2.43. The Morgan fingerprint density at radius 2 is 2.15 bits per heavy atom. The molecule has 0 saturated carbocycles. The third-order valence-electron chi connectivity index (χ3n) is 5.52. The standard InChI is InChI=1S/C21H21N5O5S2/c1-2-30-14-8-9-15-17(11-14)32-21(22-15)23-20(27)13-5-4-10-26(12-13)33(28,29)18-7-3-6-16-19(18)25-31-24-16/h3,6-9,11,13H,2,4-5,10,12H2,1H3,(H,22,23,27)/t13-/m1/s1. The van der Waals surface area contributed by atoms with Crippen LogP contribution in [0.15, 0.2) is 45.9 Å². The molecule has 1 aliphatic heterocycles. The highest BCUT2D eigenvalue weighted by Gasteiger charge is 2.35. The van der Waals surface area contributed by atoms with E-state index in [0.29, 0.717) is 36.6 Å². The third kappa shape index (κ3) is 4.16. The molecule has 1 atom stereocenters. The number of carbonyl (C=O) groups is 1. The lowest BCUT2D eigenvalue weighted by molar-refractivity contribution is -0.120. The zero-order valence-corrected chi connectivity index (χ0v) is 19.4. The molecule has 4 aromatic rings. The average molecular weight is 488 g/mol. The molecule has 1 amide bonds. The third-order valence-corrected chi connectivity index (χ3v) is 8.35. The maximum absolute atomic E-state index is 13.3. The van der Waals surface area contributed by atoms with Crippen LogP contribution in [0, 0.1) is 5.92 Å². The maximum Gasteiger partial charge on any atom is 0.245 e. The number of anilines is 1. The first-order valence-corrected chi connectivity index (χ1v) is 12.8. The van der Waals surface area contributed by atoms with Gasteiger partial charge in [0.15, 0.2) is 10.6 Å². The average Bonchev–Trinajstić information content (AvgIpc) is 3.45. The van der Waals surface area contributed by atoms with Gasteiger partial charge in [0.05, 0.1) is 22.7 Å². The molecule has 1 fully saturated rings. The predicted molar refractivity (Wildman–Crippen MR) is 123 cm³/mol. The van der Waals surface area contributed by atoms with E-state index in [2.05, 4.69) is 20.6 Å². The van der Waals surface area contributed by atoms with Gasteiger partial charge >= 0.3 is 0 Å². The van der Waals surface area contributed by atoms with E-state index in [4.69, 9.17) is 9.37 Å². The quantitative estimate of drug-likeness (QED) is 0.439. The predicted octanol–water partition coefficient (Wildman–Crippen LogP) is 3.27. The molecule has 12 heteroatoms. The van der Waals surface area contributed by atoms with Gasteiger partial charge in [-0.15, -0.1) is 0 Å². The summed E-state index contributed by atoms with van der Waals surface area (Å²) in [4.78, 5) is 17.5. The first kappa shape index (κ1) is 21.7. The Hall–Kier alpha value is -3.09. The van der Waals surface area contributed by atoms with Crippen LogP contribution in [0.3, 0.4) is 0 Å². The lowest BCUT2D eigenvalue weighted by Gasteiger charge is -2.31. The number of ether oxygens (including phenoxy) is 1. The van der Waals surface area contributed by atoms with Gasteiger partial charge in [0.1, 0.15) is 16.2 Å². The Morgan fingerprint density at radius 3 is 3.00 bits per heavy atom. The number of nitrogens with one attached hydrogen (secondary N) is 1. The van der Waals surface area contributed by atoms with E-state index in [1.165, 1.54) is 21.7 Å². The minimum Gasteiger partial charge on any atom is -0.494 e. The molecule has 0 unspecified atom stereocenters. The first-order valence-electron chi connectivity index (χ1n) is 10.5. The van der Waals surface area contributed by atoms with Crippen molar-refractivity contribution in [3.05, 3.63) is 36.4 Å². The highest BCUT2D eigenvalue weighted by atomic mass is 32.2. The first-order chi connectivity index (χ1) is 16.0. The fourth-order valence-electron chi connectivity index (χ4n) is 3.93. The number of thiazole rings is 1. The van der Waals surface area contributed by atoms with E-state index < -0.39 is 15.9 Å². The van der Waals surface area contributed by atoms with Gasteiger partial charge in [-0.05, 0) is 60.4 Å². The molecule has 3 heterocycles. The lowest BCUT2D eigenvalue weighted by atomic mass is 9.99. The van der Waals surface area contributed by atoms with Gasteiger partial charge in [-0.1, -0.05) is 17.4 Å². The van der Waals surface area contributed by atoms with Crippen LogP contribution in [0.5, 0.6) is 5.75 Å². The van der Waals surface area contributed by atoms with Crippen molar-refractivity contribution in [2.24, 2.45) is 5.92 Å². The molecule has 2 aromatic carbocycles. The van der Waals surface area contributed by atoms with Crippen LogP contribution < -0.4 is 10.1 Å². The van der Waals surface area contributed by atoms with Crippen molar-refractivity contribution in [1.82, 2.24) is 19.6 Å². The molecule has 0 aliphatic carbocycles. The molecule has 1 aliphatic rings. The van der Waals surface area contributed by atoms with E-state index in [0.717, 1.165) is 16.0 Å². The van der Waals surface area contributed by atoms with Gasteiger partial charge in [-0.3, -0.25) is 4.79 Å². The van der Waals surface area contributed by atoms with Gasteiger partial charge in [-0.2, -0.15) is 4.31 Å². The van der Waals surface area contributed by atoms with Crippen molar-refractivity contribution in [2.45, 2.75) is 24.7 Å². The number of benzene rings is 2. The van der Waals surface area contributed by atoms with Crippen molar-refractivity contribution >= 4 is 53.6 Å². The molecule has 0 bridgehead atoms. The summed E-state index contributed by atoms with van der Waals surface area (Å²) in [5.74, 6) is 0.00597. The molecule has 0 spiro atoms. The van der Waals surface area contributed by atoms with E-state index in [9.17, 15) is 13.2 Å². The highest BCUT2D eigenvalue weighted by molar-refractivity contribution is 7.89. The van der Waals surface area contributed by atoms with Crippen LogP contribution in [0.1, 0.15) is 19.8 Å². The summed E-state index contributed by atoms with van der Waals surface area (Å²) in [6.07, 6.45) is 1.16. The molecule has 5 rings (SSSR count). The topological polar surface area (TPSA) is 128 Å². The van der Waals surface area contributed by atoms with Crippen LogP contribution in [-0.2, 0) is 14.8 Å². The number of fused-ring (bicyclic) bond motifs is 2. The SMILES string of the molecule is CCOc1ccc2nc(NC(=O)[C@@H]3CCCN(S(=O)(=O)c4cccc5nonc45)C3)sc2c1. The van der Waals surface area contributed by atoms with Gasteiger partial charge in [-0.25, -0.2) is 18.0 Å². The monoisotopic (exact) mass is 487 g/mol. The Bertz CT molecular complexity index is 1430. The number of piperidine rings is 1. The second kappa shape index (κ2) is 8.69. The smallest absolute Gasteiger partial charge is 0.245 e. The fraction of sp³-hybridized carbons (Fsp3) is 0.333. The Balaban J connectivity index is 1.33. The van der Waals surface area contributed by atoms with Crippen LogP contribution in [0.2, 0.25) is 0 Å². The number of hydrogen-bond donors (Lipinski definition) is 1. The van der Waals surface area contributed by atoms with E-state index >= 15 is 0 Å². The zero-order valence-electron chi connectivity index (χ0n) is 17.7. The second-order valence-corrected chi connectivity index (χ2v) is 10.6. The summed E-state index contributed by atoms with van der Waals surface area (Å²) in [6, 6.07) is 10.3. The molecule has 1 N–H and O–H groups in total. The molecular weight excluding hydrogens is 466 g/mol. The van der Waals surface area contributed by atoms with Gasteiger partial charge in [0, 0.05) is 13.1 Å². The van der Waals surface area contributed by atoms with Crippen molar-refractivity contribution in [3.63, 3.8) is 0 Å². The second-order valence-electron chi connectivity index (χ2n) is 7.66. The maximum atomic E-state index is 13.3. The van der Waals surface area contributed by atoms with Gasteiger partial charge in [0.2, 0.25) is 15.9 Å². The summed E-state index contributed by atoms with van der Waals surface area (Å²) >= 11 is 1.35. The number of aromatic nitrogens is 3. The minimum atomic E-state index is -3.86. The number of carbonyl (C=O) groups excluding carboxylic acids is 1.